The predicted octanol–water partition coefficient (Wildman–Crippen LogP) is 3.04. The molecule has 7 nitrogen and oxygen atoms in total. The van der Waals surface area contributed by atoms with E-state index in [1.54, 1.807) is 30.3 Å². The molecule has 0 unspecified atom stereocenters. The molecular formula is C20H20N4O3. The van der Waals surface area contributed by atoms with Gasteiger partial charge in [-0.2, -0.15) is 5.10 Å². The Bertz CT molecular complexity index is 920. The minimum Gasteiger partial charge on any atom is -0.341 e. The van der Waals surface area contributed by atoms with Gasteiger partial charge in [-0.05, 0) is 11.1 Å². The third-order valence-corrected chi connectivity index (χ3v) is 4.22. The molecule has 0 spiro atoms. The fourth-order valence-electron chi connectivity index (χ4n) is 2.75. The maximum absolute atomic E-state index is 12.4. The van der Waals surface area contributed by atoms with E-state index in [9.17, 15) is 14.9 Å². The van der Waals surface area contributed by atoms with Crippen LogP contribution in [0, 0.1) is 10.1 Å². The Labute approximate surface area is 157 Å². The monoisotopic (exact) mass is 364 g/mol. The van der Waals surface area contributed by atoms with Crippen LogP contribution in [-0.2, 0) is 24.3 Å². The third-order valence-electron chi connectivity index (χ3n) is 4.22. The Morgan fingerprint density at radius 2 is 1.78 bits per heavy atom. The first-order valence-corrected chi connectivity index (χ1v) is 8.54. The summed E-state index contributed by atoms with van der Waals surface area (Å²) in [5, 5.41) is 15.0. The van der Waals surface area contributed by atoms with Crippen molar-refractivity contribution < 1.29 is 9.72 Å². The maximum Gasteiger partial charge on any atom is 0.269 e. The van der Waals surface area contributed by atoms with Crippen LogP contribution in [0.5, 0.6) is 0 Å². The number of carbonyl (C=O) groups excluding carboxylic acids is 1. The fraction of sp³-hybridized carbons (Fsp3) is 0.200. The first kappa shape index (κ1) is 18.3. The standard InChI is InChI=1S/C20H20N4O3/c1-22(20(25)11-16-7-9-19(10-8-16)24(26)27)13-18-12-21-23(15-18)14-17-5-3-2-4-6-17/h2-10,12,15H,11,13-14H2,1H3. The van der Waals surface area contributed by atoms with Gasteiger partial charge in [0.15, 0.2) is 0 Å². The summed E-state index contributed by atoms with van der Waals surface area (Å²) in [6.07, 6.45) is 3.90. The smallest absolute Gasteiger partial charge is 0.269 e. The Kier molecular flexibility index (Phi) is 5.61. The van der Waals surface area contributed by atoms with E-state index in [1.807, 2.05) is 41.2 Å². The zero-order valence-electron chi connectivity index (χ0n) is 15.0. The summed E-state index contributed by atoms with van der Waals surface area (Å²) in [5.74, 6) is -0.0559. The van der Waals surface area contributed by atoms with Gasteiger partial charge in [-0.3, -0.25) is 19.6 Å². The van der Waals surface area contributed by atoms with Crippen LogP contribution in [0.25, 0.3) is 0 Å². The van der Waals surface area contributed by atoms with Gasteiger partial charge < -0.3 is 4.90 Å². The Morgan fingerprint density at radius 1 is 1.07 bits per heavy atom. The highest BCUT2D eigenvalue weighted by Crippen LogP contribution is 2.13. The number of amides is 1. The molecule has 7 heteroatoms. The summed E-state index contributed by atoms with van der Waals surface area (Å²) in [5.41, 5.74) is 2.88. The van der Waals surface area contributed by atoms with Crippen LogP contribution in [-0.4, -0.2) is 32.6 Å². The van der Waals surface area contributed by atoms with E-state index in [1.165, 1.54) is 12.1 Å². The van der Waals surface area contributed by atoms with Gasteiger partial charge in [0, 0.05) is 37.5 Å². The molecule has 0 N–H and O–H groups in total. The number of carbonyl (C=O) groups is 1. The van der Waals surface area contributed by atoms with E-state index < -0.39 is 4.92 Å². The molecular weight excluding hydrogens is 344 g/mol. The lowest BCUT2D eigenvalue weighted by Gasteiger charge is -2.16. The molecule has 2 aromatic carbocycles. The molecule has 1 amide bonds. The Morgan fingerprint density at radius 3 is 2.44 bits per heavy atom. The molecule has 138 valence electrons. The molecule has 3 aromatic rings. The van der Waals surface area contributed by atoms with Crippen molar-refractivity contribution in [2.75, 3.05) is 7.05 Å². The number of nitro benzene ring substituents is 1. The molecule has 0 radical (unpaired) electrons. The van der Waals surface area contributed by atoms with Crippen LogP contribution in [0.15, 0.2) is 67.0 Å². The van der Waals surface area contributed by atoms with Crippen molar-refractivity contribution in [3.05, 3.63) is 93.8 Å². The second kappa shape index (κ2) is 8.27. The van der Waals surface area contributed by atoms with Crippen LogP contribution in [0.2, 0.25) is 0 Å². The van der Waals surface area contributed by atoms with E-state index in [-0.39, 0.29) is 18.0 Å². The predicted molar refractivity (Wildman–Crippen MR) is 101 cm³/mol. The Hall–Kier alpha value is -3.48. The number of rotatable bonds is 7. The molecule has 1 heterocycles. The minimum absolute atomic E-state index is 0.0189. The van der Waals surface area contributed by atoms with Crippen LogP contribution in [0.4, 0.5) is 5.69 Å². The fourth-order valence-corrected chi connectivity index (χ4v) is 2.75. The van der Waals surface area contributed by atoms with E-state index >= 15 is 0 Å². The minimum atomic E-state index is -0.454. The molecule has 0 aliphatic heterocycles. The number of nitrogens with zero attached hydrogens (tertiary/aromatic N) is 4. The van der Waals surface area contributed by atoms with Crippen LogP contribution < -0.4 is 0 Å². The van der Waals surface area contributed by atoms with Crippen molar-refractivity contribution in [3.8, 4) is 0 Å². The van der Waals surface area contributed by atoms with Gasteiger partial charge in [0.05, 0.1) is 24.1 Å². The van der Waals surface area contributed by atoms with Crippen molar-refractivity contribution in [2.24, 2.45) is 0 Å². The second-order valence-corrected chi connectivity index (χ2v) is 6.38. The zero-order chi connectivity index (χ0) is 19.2. The highest BCUT2D eigenvalue weighted by molar-refractivity contribution is 5.78. The molecule has 0 atom stereocenters. The van der Waals surface area contributed by atoms with E-state index in [0.717, 1.165) is 16.7 Å². The summed E-state index contributed by atoms with van der Waals surface area (Å²) in [7, 11) is 1.74. The third kappa shape index (κ3) is 5.01. The van der Waals surface area contributed by atoms with Crippen LogP contribution in [0.3, 0.4) is 0 Å². The van der Waals surface area contributed by atoms with E-state index in [2.05, 4.69) is 5.10 Å². The van der Waals surface area contributed by atoms with Crippen molar-refractivity contribution >= 4 is 11.6 Å². The number of hydrogen-bond donors (Lipinski definition) is 0. The highest BCUT2D eigenvalue weighted by atomic mass is 16.6. The summed E-state index contributed by atoms with van der Waals surface area (Å²) in [6, 6.07) is 16.1. The molecule has 0 aliphatic rings. The Balaban J connectivity index is 1.56. The summed E-state index contributed by atoms with van der Waals surface area (Å²) >= 11 is 0. The molecule has 3 rings (SSSR count). The molecule has 0 saturated heterocycles. The van der Waals surface area contributed by atoms with Crippen molar-refractivity contribution in [1.82, 2.24) is 14.7 Å². The van der Waals surface area contributed by atoms with Crippen molar-refractivity contribution in [3.63, 3.8) is 0 Å². The topological polar surface area (TPSA) is 81.3 Å². The van der Waals surface area contributed by atoms with Gasteiger partial charge in [-0.25, -0.2) is 0 Å². The van der Waals surface area contributed by atoms with Crippen LogP contribution in [0.1, 0.15) is 16.7 Å². The maximum atomic E-state index is 12.4. The number of nitro groups is 1. The van der Waals surface area contributed by atoms with Crippen LogP contribution >= 0.6 is 0 Å². The van der Waals surface area contributed by atoms with Gasteiger partial charge in [0.2, 0.25) is 5.91 Å². The lowest BCUT2D eigenvalue weighted by atomic mass is 10.1. The number of hydrogen-bond acceptors (Lipinski definition) is 4. The summed E-state index contributed by atoms with van der Waals surface area (Å²) < 4.78 is 1.85. The molecule has 0 bridgehead atoms. The van der Waals surface area contributed by atoms with Gasteiger partial charge in [0.25, 0.3) is 5.69 Å². The lowest BCUT2D eigenvalue weighted by molar-refractivity contribution is -0.384. The molecule has 27 heavy (non-hydrogen) atoms. The normalized spacial score (nSPS) is 10.6. The lowest BCUT2D eigenvalue weighted by Crippen LogP contribution is -2.27. The molecule has 1 aromatic heterocycles. The summed E-state index contributed by atoms with van der Waals surface area (Å²) in [4.78, 5) is 24.3. The van der Waals surface area contributed by atoms with Gasteiger partial charge in [0.1, 0.15) is 0 Å². The SMILES string of the molecule is CN(Cc1cnn(Cc2ccccc2)c1)C(=O)Cc1ccc([N+](=O)[O-])cc1. The largest absolute Gasteiger partial charge is 0.341 e. The zero-order valence-corrected chi connectivity index (χ0v) is 15.0. The number of likely N-dealkylation sites (N-methyl/N-ethyl adjacent to an activating group) is 1. The second-order valence-electron chi connectivity index (χ2n) is 6.38. The van der Waals surface area contributed by atoms with Gasteiger partial charge in [-0.15, -0.1) is 0 Å². The average Bonchev–Trinajstić information content (AvgIpc) is 3.09. The van der Waals surface area contributed by atoms with Gasteiger partial charge >= 0.3 is 0 Å². The van der Waals surface area contributed by atoms with Gasteiger partial charge in [-0.1, -0.05) is 42.5 Å². The van der Waals surface area contributed by atoms with E-state index in [0.29, 0.717) is 13.1 Å². The average molecular weight is 364 g/mol. The molecule has 0 fully saturated rings. The number of non-ortho nitro benzene ring substituents is 1. The number of aromatic nitrogens is 2. The molecule has 0 aliphatic carbocycles. The quantitative estimate of drug-likeness (QED) is 0.477. The van der Waals surface area contributed by atoms with E-state index in [4.69, 9.17) is 0 Å². The number of benzene rings is 2. The van der Waals surface area contributed by atoms with Crippen molar-refractivity contribution in [2.45, 2.75) is 19.5 Å². The summed E-state index contributed by atoms with van der Waals surface area (Å²) in [6.45, 7) is 1.14. The highest BCUT2D eigenvalue weighted by Gasteiger charge is 2.12. The first-order chi connectivity index (χ1) is 13.0. The first-order valence-electron chi connectivity index (χ1n) is 8.54. The molecule has 0 saturated carbocycles. The van der Waals surface area contributed by atoms with Crippen molar-refractivity contribution in [1.29, 1.82) is 0 Å².